The Morgan fingerprint density at radius 2 is 1.72 bits per heavy atom. The molecule has 0 atom stereocenters. The normalized spacial score (nSPS) is 13.5. The van der Waals surface area contributed by atoms with Crippen LogP contribution in [0.3, 0.4) is 0 Å². The molecule has 3 heteroatoms. The van der Waals surface area contributed by atoms with E-state index < -0.39 is 0 Å². The van der Waals surface area contributed by atoms with Crippen LogP contribution in [0.1, 0.15) is 5.56 Å². The predicted octanol–water partition coefficient (Wildman–Crippen LogP) is 2.91. The monoisotopic (exact) mass is 348 g/mol. The Kier molecular flexibility index (Phi) is 2.66. The van der Waals surface area contributed by atoms with Crippen LogP contribution in [0.4, 0.5) is 0 Å². The second kappa shape index (κ2) is 4.09. The van der Waals surface area contributed by atoms with E-state index in [2.05, 4.69) is 47.4 Å². The van der Waals surface area contributed by atoms with E-state index in [1.54, 1.807) is 0 Å². The highest BCUT2D eigenvalue weighted by Crippen LogP contribution is 2.28. The van der Waals surface area contributed by atoms with E-state index in [-0.39, 0.29) is 24.0 Å². The van der Waals surface area contributed by atoms with E-state index in [0.717, 1.165) is 6.54 Å². The highest BCUT2D eigenvalue weighted by atomic mass is 127. The maximum absolute atomic E-state index is 4.29. The van der Waals surface area contributed by atoms with E-state index in [4.69, 9.17) is 0 Å². The Hall–Kier alpha value is -1.36. The van der Waals surface area contributed by atoms with E-state index in [9.17, 15) is 0 Å². The van der Waals surface area contributed by atoms with Crippen LogP contribution in [-0.2, 0) is 6.54 Å². The number of rotatable bonds is 0. The summed E-state index contributed by atoms with van der Waals surface area (Å²) in [5.41, 5.74) is 1.41. The Morgan fingerprint density at radius 1 is 1.00 bits per heavy atom. The molecule has 0 unspecified atom stereocenters. The van der Waals surface area contributed by atoms with Crippen LogP contribution in [0, 0.1) is 0 Å². The van der Waals surface area contributed by atoms with E-state index in [0.29, 0.717) is 0 Å². The third-order valence-electron chi connectivity index (χ3n) is 3.55. The van der Waals surface area contributed by atoms with Crippen molar-refractivity contribution in [2.24, 2.45) is 0 Å². The summed E-state index contributed by atoms with van der Waals surface area (Å²) in [6.07, 6.45) is 6.13. The quantitative estimate of drug-likeness (QED) is 0.581. The van der Waals surface area contributed by atoms with Gasteiger partial charge in [0, 0.05) is 48.3 Å². The average Bonchev–Trinajstić information content (AvgIpc) is 2.35. The van der Waals surface area contributed by atoms with Crippen molar-refractivity contribution in [2.75, 3.05) is 7.05 Å². The molecular formula is C15H13IN2. The minimum Gasteiger partial charge on any atom is -0.376 e. The van der Waals surface area contributed by atoms with Crippen LogP contribution >= 0.6 is 24.0 Å². The lowest BCUT2D eigenvalue weighted by atomic mass is 9.95. The van der Waals surface area contributed by atoms with Crippen molar-refractivity contribution in [1.82, 2.24) is 9.88 Å². The molecule has 18 heavy (non-hydrogen) atoms. The summed E-state index contributed by atoms with van der Waals surface area (Å²) in [5, 5.41) is 6.56. The third-order valence-corrected chi connectivity index (χ3v) is 3.55. The summed E-state index contributed by atoms with van der Waals surface area (Å²) in [7, 11) is 2.12. The van der Waals surface area contributed by atoms with Gasteiger partial charge in [0.2, 0.25) is 0 Å². The van der Waals surface area contributed by atoms with E-state index in [1.165, 1.54) is 32.3 Å². The fraction of sp³-hybridized carbons (Fsp3) is 0.133. The molecule has 1 aromatic heterocycles. The Balaban J connectivity index is 0.000001000. The molecule has 0 fully saturated rings. The van der Waals surface area contributed by atoms with Gasteiger partial charge in [-0.15, -0.1) is 24.0 Å². The number of aromatic nitrogens is 1. The second-order valence-electron chi connectivity index (χ2n) is 4.76. The standard InChI is InChI=1S/C15H12N2.HI/c1-17-8-12-4-2-10-6-16-7-11-3-5-13(9-17)15(12)14(10)11;/h2-8H,9H2,1H3;1H. The third kappa shape index (κ3) is 1.50. The predicted molar refractivity (Wildman–Crippen MR) is 85.8 cm³/mol. The Morgan fingerprint density at radius 3 is 2.50 bits per heavy atom. The number of nitrogens with zero attached hydrogens (tertiary/aromatic N) is 2. The van der Waals surface area contributed by atoms with Gasteiger partial charge in [-0.1, -0.05) is 24.3 Å². The number of benzene rings is 2. The van der Waals surface area contributed by atoms with Crippen molar-refractivity contribution < 1.29 is 0 Å². The van der Waals surface area contributed by atoms with Gasteiger partial charge in [-0.3, -0.25) is 4.98 Å². The molecular weight excluding hydrogens is 335 g/mol. The summed E-state index contributed by atoms with van der Waals surface area (Å²) in [4.78, 5) is 6.53. The molecule has 2 aromatic carbocycles. The zero-order chi connectivity index (χ0) is 11.4. The van der Waals surface area contributed by atoms with E-state index in [1.807, 2.05) is 12.4 Å². The zero-order valence-electron chi connectivity index (χ0n) is 10.1. The van der Waals surface area contributed by atoms with Crippen LogP contribution in [0.2, 0.25) is 0 Å². The van der Waals surface area contributed by atoms with Crippen LogP contribution < -0.4 is 5.22 Å². The lowest BCUT2D eigenvalue weighted by Gasteiger charge is -2.22. The fourth-order valence-electron chi connectivity index (χ4n) is 2.85. The van der Waals surface area contributed by atoms with Crippen molar-refractivity contribution >= 4 is 51.7 Å². The van der Waals surface area contributed by atoms with Crippen LogP contribution in [0.5, 0.6) is 0 Å². The average molecular weight is 348 g/mol. The van der Waals surface area contributed by atoms with Gasteiger partial charge in [0.25, 0.3) is 0 Å². The molecule has 0 bridgehead atoms. The van der Waals surface area contributed by atoms with Crippen molar-refractivity contribution in [2.45, 2.75) is 6.54 Å². The Labute approximate surface area is 122 Å². The largest absolute Gasteiger partial charge is 0.376 e. The molecule has 0 saturated carbocycles. The number of hydrogen-bond donors (Lipinski definition) is 0. The Bertz CT molecular complexity index is 779. The number of hydrogen-bond acceptors (Lipinski definition) is 2. The molecule has 0 saturated heterocycles. The van der Waals surface area contributed by atoms with Crippen LogP contribution in [0.15, 0.2) is 36.7 Å². The number of pyridine rings is 1. The van der Waals surface area contributed by atoms with Gasteiger partial charge >= 0.3 is 0 Å². The molecule has 0 spiro atoms. The molecule has 3 aromatic rings. The lowest BCUT2D eigenvalue weighted by molar-refractivity contribution is 0.490. The molecule has 0 N–H and O–H groups in total. The lowest BCUT2D eigenvalue weighted by Crippen LogP contribution is -2.22. The molecule has 0 radical (unpaired) electrons. The first kappa shape index (κ1) is 11.7. The molecule has 0 aliphatic carbocycles. The summed E-state index contributed by atoms with van der Waals surface area (Å²) in [6.45, 7) is 0.990. The van der Waals surface area contributed by atoms with Gasteiger partial charge in [-0.2, -0.15) is 0 Å². The first-order valence-corrected chi connectivity index (χ1v) is 5.83. The minimum absolute atomic E-state index is 0. The summed E-state index contributed by atoms with van der Waals surface area (Å²) in [5.74, 6) is 0. The minimum atomic E-state index is 0. The van der Waals surface area contributed by atoms with Crippen molar-refractivity contribution in [3.8, 4) is 0 Å². The maximum Gasteiger partial charge on any atom is 0.0427 e. The number of halogens is 1. The van der Waals surface area contributed by atoms with Gasteiger partial charge in [0.1, 0.15) is 0 Å². The molecule has 2 heterocycles. The molecule has 1 aliphatic heterocycles. The molecule has 4 rings (SSSR count). The van der Waals surface area contributed by atoms with Gasteiger partial charge in [0.15, 0.2) is 0 Å². The van der Waals surface area contributed by atoms with Crippen molar-refractivity contribution in [1.29, 1.82) is 0 Å². The summed E-state index contributed by atoms with van der Waals surface area (Å²) < 4.78 is 0. The highest BCUT2D eigenvalue weighted by Gasteiger charge is 2.12. The van der Waals surface area contributed by atoms with E-state index >= 15 is 0 Å². The fourth-order valence-corrected chi connectivity index (χ4v) is 2.85. The van der Waals surface area contributed by atoms with Crippen LogP contribution in [0.25, 0.3) is 27.7 Å². The second-order valence-corrected chi connectivity index (χ2v) is 4.76. The zero-order valence-corrected chi connectivity index (χ0v) is 12.4. The highest BCUT2D eigenvalue weighted by molar-refractivity contribution is 14.0. The van der Waals surface area contributed by atoms with Crippen LogP contribution in [-0.4, -0.2) is 16.9 Å². The molecule has 90 valence electrons. The molecule has 1 aliphatic rings. The molecule has 0 amide bonds. The van der Waals surface area contributed by atoms with Gasteiger partial charge < -0.3 is 4.90 Å². The first-order chi connectivity index (χ1) is 8.33. The van der Waals surface area contributed by atoms with Gasteiger partial charge in [0.05, 0.1) is 0 Å². The summed E-state index contributed by atoms with van der Waals surface area (Å²) in [6, 6.07) is 8.77. The SMILES string of the molecule is CN1C=c2ccc3cncc4ccc(c2c43)C1.I. The van der Waals surface area contributed by atoms with Crippen molar-refractivity contribution in [3.05, 3.63) is 47.4 Å². The smallest absolute Gasteiger partial charge is 0.0427 e. The first-order valence-electron chi connectivity index (χ1n) is 5.83. The topological polar surface area (TPSA) is 16.1 Å². The van der Waals surface area contributed by atoms with Crippen molar-refractivity contribution in [3.63, 3.8) is 0 Å². The summed E-state index contributed by atoms with van der Waals surface area (Å²) >= 11 is 0. The van der Waals surface area contributed by atoms with Gasteiger partial charge in [-0.05, 0) is 16.2 Å². The maximum atomic E-state index is 4.29. The molecule has 2 nitrogen and oxygen atoms in total. The van der Waals surface area contributed by atoms with Gasteiger partial charge in [-0.25, -0.2) is 0 Å².